The SMILES string of the molecule is CC(C(=O)NCC1CCCO1)N1CCC(O)(C(F)(F)F)CC1. The van der Waals surface area contributed by atoms with Gasteiger partial charge in [-0.25, -0.2) is 0 Å². The summed E-state index contributed by atoms with van der Waals surface area (Å²) in [5.41, 5.74) is -2.63. The molecule has 2 N–H and O–H groups in total. The zero-order valence-corrected chi connectivity index (χ0v) is 12.7. The highest BCUT2D eigenvalue weighted by molar-refractivity contribution is 5.81. The molecule has 1 amide bonds. The number of rotatable bonds is 4. The first kappa shape index (κ1) is 17.5. The van der Waals surface area contributed by atoms with Crippen LogP contribution in [-0.2, 0) is 9.53 Å². The van der Waals surface area contributed by atoms with Crippen LogP contribution in [0.5, 0.6) is 0 Å². The molecule has 8 heteroatoms. The van der Waals surface area contributed by atoms with Gasteiger partial charge in [-0.1, -0.05) is 0 Å². The number of hydrogen-bond donors (Lipinski definition) is 2. The summed E-state index contributed by atoms with van der Waals surface area (Å²) in [6, 6.07) is -0.515. The summed E-state index contributed by atoms with van der Waals surface area (Å²) in [6.07, 6.45) is -3.49. The van der Waals surface area contributed by atoms with Gasteiger partial charge in [-0.15, -0.1) is 0 Å². The van der Waals surface area contributed by atoms with Crippen molar-refractivity contribution in [2.45, 2.75) is 56.5 Å². The van der Waals surface area contributed by atoms with E-state index in [0.29, 0.717) is 13.2 Å². The highest BCUT2D eigenvalue weighted by Crippen LogP contribution is 2.38. The van der Waals surface area contributed by atoms with E-state index in [0.717, 1.165) is 12.8 Å². The van der Waals surface area contributed by atoms with Gasteiger partial charge in [0, 0.05) is 26.2 Å². The lowest BCUT2D eigenvalue weighted by Crippen LogP contribution is -2.57. The van der Waals surface area contributed by atoms with Crippen LogP contribution in [0.4, 0.5) is 13.2 Å². The molecule has 5 nitrogen and oxygen atoms in total. The Balaban J connectivity index is 1.78. The van der Waals surface area contributed by atoms with Crippen LogP contribution < -0.4 is 5.32 Å². The monoisotopic (exact) mass is 324 g/mol. The fourth-order valence-corrected chi connectivity index (χ4v) is 2.90. The van der Waals surface area contributed by atoms with Crippen LogP contribution in [0, 0.1) is 0 Å². The molecule has 2 aliphatic heterocycles. The van der Waals surface area contributed by atoms with E-state index in [1.165, 1.54) is 0 Å². The van der Waals surface area contributed by atoms with Crippen LogP contribution in [0.3, 0.4) is 0 Å². The maximum atomic E-state index is 12.7. The standard InChI is InChI=1S/C14H23F3N2O3/c1-10(12(20)18-9-11-3-2-8-22-11)19-6-4-13(21,5-7-19)14(15,16)17/h10-11,21H,2-9H2,1H3,(H,18,20). The number of nitrogens with zero attached hydrogens (tertiary/aromatic N) is 1. The predicted octanol–water partition coefficient (Wildman–Crippen LogP) is 1.06. The van der Waals surface area contributed by atoms with E-state index in [9.17, 15) is 23.1 Å². The second-order valence-corrected chi connectivity index (χ2v) is 6.12. The zero-order valence-electron chi connectivity index (χ0n) is 12.7. The number of halogens is 3. The maximum absolute atomic E-state index is 12.7. The lowest BCUT2D eigenvalue weighted by atomic mass is 9.90. The molecule has 0 saturated carbocycles. The molecular weight excluding hydrogens is 301 g/mol. The molecule has 2 heterocycles. The third-order valence-corrected chi connectivity index (χ3v) is 4.61. The number of amides is 1. The van der Waals surface area contributed by atoms with E-state index in [2.05, 4.69) is 5.32 Å². The number of aliphatic hydroxyl groups is 1. The Morgan fingerprint density at radius 1 is 1.45 bits per heavy atom. The minimum Gasteiger partial charge on any atom is -0.380 e. The Hall–Kier alpha value is -0.860. The van der Waals surface area contributed by atoms with E-state index in [1.807, 2.05) is 0 Å². The fourth-order valence-electron chi connectivity index (χ4n) is 2.90. The molecule has 0 spiro atoms. The number of nitrogens with one attached hydrogen (secondary N) is 1. The summed E-state index contributed by atoms with van der Waals surface area (Å²) in [7, 11) is 0. The molecule has 2 rings (SSSR count). The number of carbonyl (C=O) groups is 1. The number of piperidine rings is 1. The van der Waals surface area contributed by atoms with Gasteiger partial charge in [-0.05, 0) is 32.6 Å². The quantitative estimate of drug-likeness (QED) is 0.812. The molecule has 128 valence electrons. The maximum Gasteiger partial charge on any atom is 0.417 e. The molecule has 0 aromatic rings. The van der Waals surface area contributed by atoms with Gasteiger partial charge in [-0.2, -0.15) is 13.2 Å². The number of likely N-dealkylation sites (tertiary alicyclic amines) is 1. The lowest BCUT2D eigenvalue weighted by Gasteiger charge is -2.41. The first-order valence-corrected chi connectivity index (χ1v) is 7.65. The molecule has 0 aromatic heterocycles. The van der Waals surface area contributed by atoms with Crippen LogP contribution in [0.2, 0.25) is 0 Å². The molecule has 2 unspecified atom stereocenters. The minimum absolute atomic E-state index is 0.0350. The summed E-state index contributed by atoms with van der Waals surface area (Å²) < 4.78 is 43.6. The molecule has 0 bridgehead atoms. The van der Waals surface area contributed by atoms with Crippen LogP contribution >= 0.6 is 0 Å². The highest BCUT2D eigenvalue weighted by atomic mass is 19.4. The van der Waals surface area contributed by atoms with Gasteiger partial charge in [0.15, 0.2) is 5.60 Å². The third kappa shape index (κ3) is 3.91. The van der Waals surface area contributed by atoms with E-state index in [1.54, 1.807) is 11.8 Å². The van der Waals surface area contributed by atoms with Gasteiger partial charge in [0.05, 0.1) is 12.1 Å². The Morgan fingerprint density at radius 2 is 2.09 bits per heavy atom. The van der Waals surface area contributed by atoms with Gasteiger partial charge in [-0.3, -0.25) is 9.69 Å². The van der Waals surface area contributed by atoms with Crippen molar-refractivity contribution in [3.05, 3.63) is 0 Å². The molecule has 0 aromatic carbocycles. The van der Waals surface area contributed by atoms with Crippen LogP contribution in [0.15, 0.2) is 0 Å². The Bertz CT molecular complexity index is 389. The molecule has 2 fully saturated rings. The summed E-state index contributed by atoms with van der Waals surface area (Å²) in [6.45, 7) is 2.90. The highest BCUT2D eigenvalue weighted by Gasteiger charge is 2.54. The Kier molecular flexibility index (Phi) is 5.34. The average molecular weight is 324 g/mol. The molecule has 2 aliphatic rings. The molecule has 2 saturated heterocycles. The van der Waals surface area contributed by atoms with Crippen molar-refractivity contribution < 1.29 is 27.8 Å². The second-order valence-electron chi connectivity index (χ2n) is 6.12. The lowest BCUT2D eigenvalue weighted by molar-refractivity contribution is -0.273. The smallest absolute Gasteiger partial charge is 0.380 e. The molecular formula is C14H23F3N2O3. The van der Waals surface area contributed by atoms with E-state index < -0.39 is 30.7 Å². The van der Waals surface area contributed by atoms with Crippen molar-refractivity contribution in [3.8, 4) is 0 Å². The van der Waals surface area contributed by atoms with E-state index in [4.69, 9.17) is 4.74 Å². The Labute approximate surface area is 127 Å². The zero-order chi connectivity index (χ0) is 16.4. The summed E-state index contributed by atoms with van der Waals surface area (Å²) in [4.78, 5) is 13.7. The van der Waals surface area contributed by atoms with Crippen LogP contribution in [-0.4, -0.2) is 66.1 Å². The van der Waals surface area contributed by atoms with Crippen molar-refractivity contribution in [1.29, 1.82) is 0 Å². The summed E-state index contributed by atoms with van der Waals surface area (Å²) in [5, 5.41) is 12.4. The fraction of sp³-hybridized carbons (Fsp3) is 0.929. The first-order valence-electron chi connectivity index (χ1n) is 7.65. The molecule has 0 aliphatic carbocycles. The molecule has 0 radical (unpaired) electrons. The van der Waals surface area contributed by atoms with Crippen molar-refractivity contribution in [3.63, 3.8) is 0 Å². The molecule has 2 atom stereocenters. The average Bonchev–Trinajstić information content (AvgIpc) is 2.97. The van der Waals surface area contributed by atoms with Crippen LogP contribution in [0.1, 0.15) is 32.6 Å². The van der Waals surface area contributed by atoms with Gasteiger partial charge in [0.2, 0.25) is 5.91 Å². The van der Waals surface area contributed by atoms with Crippen molar-refractivity contribution in [1.82, 2.24) is 10.2 Å². The summed E-state index contributed by atoms with van der Waals surface area (Å²) in [5.74, 6) is -0.215. The topological polar surface area (TPSA) is 61.8 Å². The summed E-state index contributed by atoms with van der Waals surface area (Å²) >= 11 is 0. The van der Waals surface area contributed by atoms with Crippen molar-refractivity contribution >= 4 is 5.91 Å². The normalized spacial score (nSPS) is 27.6. The minimum atomic E-state index is -4.62. The predicted molar refractivity (Wildman–Crippen MR) is 73.3 cm³/mol. The van der Waals surface area contributed by atoms with Gasteiger partial charge >= 0.3 is 6.18 Å². The number of carbonyl (C=O) groups excluding carboxylic acids is 1. The molecule has 22 heavy (non-hydrogen) atoms. The van der Waals surface area contributed by atoms with E-state index in [-0.39, 0.29) is 25.1 Å². The third-order valence-electron chi connectivity index (χ3n) is 4.61. The van der Waals surface area contributed by atoms with Gasteiger partial charge in [0.1, 0.15) is 0 Å². The van der Waals surface area contributed by atoms with E-state index >= 15 is 0 Å². The Morgan fingerprint density at radius 3 is 2.59 bits per heavy atom. The van der Waals surface area contributed by atoms with Crippen molar-refractivity contribution in [2.75, 3.05) is 26.2 Å². The van der Waals surface area contributed by atoms with Gasteiger partial charge < -0.3 is 15.2 Å². The largest absolute Gasteiger partial charge is 0.417 e. The second kappa shape index (κ2) is 6.72. The first-order chi connectivity index (χ1) is 10.2. The van der Waals surface area contributed by atoms with Gasteiger partial charge in [0.25, 0.3) is 0 Å². The number of hydrogen-bond acceptors (Lipinski definition) is 4. The number of alkyl halides is 3. The van der Waals surface area contributed by atoms with Crippen molar-refractivity contribution in [2.24, 2.45) is 0 Å². The number of ether oxygens (including phenoxy) is 1. The van der Waals surface area contributed by atoms with Crippen LogP contribution in [0.25, 0.3) is 0 Å².